The topological polar surface area (TPSA) is 87.4 Å². The molecule has 0 aliphatic carbocycles. The van der Waals surface area contributed by atoms with E-state index in [0.29, 0.717) is 18.2 Å². The Hall–Kier alpha value is -1.25. The van der Waals surface area contributed by atoms with E-state index in [1.807, 2.05) is 11.8 Å². The van der Waals surface area contributed by atoms with Crippen LogP contribution in [0.5, 0.6) is 0 Å². The first-order chi connectivity index (χ1) is 8.06. The molecule has 96 valence electrons. The van der Waals surface area contributed by atoms with Gasteiger partial charge in [-0.3, -0.25) is 15.1 Å². The van der Waals surface area contributed by atoms with Gasteiger partial charge in [-0.15, -0.1) is 10.2 Å². The number of anilines is 1. The lowest BCUT2D eigenvalue weighted by molar-refractivity contribution is -0.130. The number of nitrogens with two attached hydrogens (primary N) is 1. The predicted octanol–water partition coefficient (Wildman–Crippen LogP) is -0.266. The lowest BCUT2D eigenvalue weighted by Gasteiger charge is -2.20. The van der Waals surface area contributed by atoms with Crippen molar-refractivity contribution in [2.24, 2.45) is 5.84 Å². The van der Waals surface area contributed by atoms with Crippen LogP contribution in [-0.4, -0.2) is 53.1 Å². The van der Waals surface area contributed by atoms with Crippen molar-refractivity contribution in [3.63, 3.8) is 0 Å². The number of carbonyl (C=O) groups excluding carboxylic acids is 1. The molecule has 0 atom stereocenters. The van der Waals surface area contributed by atoms with Gasteiger partial charge < -0.3 is 4.90 Å². The number of likely N-dealkylation sites (N-methyl/N-ethyl adjacent to an activating group) is 2. The Kier molecular flexibility index (Phi) is 5.26. The highest BCUT2D eigenvalue weighted by Crippen LogP contribution is 2.15. The summed E-state index contributed by atoms with van der Waals surface area (Å²) < 4.78 is 0. The zero-order chi connectivity index (χ0) is 12.8. The number of hydrogen-bond donors (Lipinski definition) is 2. The van der Waals surface area contributed by atoms with E-state index in [9.17, 15) is 4.79 Å². The van der Waals surface area contributed by atoms with Gasteiger partial charge in [0, 0.05) is 14.1 Å². The molecule has 0 saturated carbocycles. The monoisotopic (exact) mass is 258 g/mol. The third-order valence-electron chi connectivity index (χ3n) is 2.25. The fourth-order valence-corrected chi connectivity index (χ4v) is 1.87. The van der Waals surface area contributed by atoms with Crippen molar-refractivity contribution >= 4 is 22.4 Å². The minimum atomic E-state index is 0.0774. The normalized spacial score (nSPS) is 10.6. The van der Waals surface area contributed by atoms with Gasteiger partial charge >= 0.3 is 0 Å². The van der Waals surface area contributed by atoms with Crippen molar-refractivity contribution in [2.45, 2.75) is 13.5 Å². The summed E-state index contributed by atoms with van der Waals surface area (Å²) in [5.74, 6) is 5.31. The third-order valence-corrected chi connectivity index (χ3v) is 3.09. The molecule has 0 aromatic carbocycles. The molecule has 17 heavy (non-hydrogen) atoms. The van der Waals surface area contributed by atoms with Gasteiger partial charge in [-0.25, -0.2) is 5.84 Å². The average molecular weight is 258 g/mol. The van der Waals surface area contributed by atoms with E-state index in [-0.39, 0.29) is 5.91 Å². The van der Waals surface area contributed by atoms with Crippen LogP contribution in [0.25, 0.3) is 0 Å². The summed E-state index contributed by atoms with van der Waals surface area (Å²) >= 11 is 1.39. The van der Waals surface area contributed by atoms with E-state index in [4.69, 9.17) is 5.84 Å². The molecule has 1 aromatic rings. The number of nitrogen functional groups attached to an aromatic ring is 1. The van der Waals surface area contributed by atoms with Gasteiger partial charge in [-0.1, -0.05) is 18.3 Å². The number of nitrogens with one attached hydrogen (secondary N) is 1. The van der Waals surface area contributed by atoms with E-state index in [1.165, 1.54) is 11.3 Å². The maximum atomic E-state index is 11.6. The molecule has 1 aromatic heterocycles. The van der Waals surface area contributed by atoms with Crippen LogP contribution in [0.3, 0.4) is 0 Å². The van der Waals surface area contributed by atoms with Gasteiger partial charge in [-0.05, 0) is 6.54 Å². The zero-order valence-electron chi connectivity index (χ0n) is 10.3. The minimum Gasteiger partial charge on any atom is -0.348 e. The molecule has 0 saturated heterocycles. The number of amides is 1. The van der Waals surface area contributed by atoms with Crippen LogP contribution in [0.15, 0.2) is 0 Å². The van der Waals surface area contributed by atoms with Crippen molar-refractivity contribution in [1.29, 1.82) is 0 Å². The first-order valence-corrected chi connectivity index (χ1v) is 6.10. The maximum absolute atomic E-state index is 11.6. The van der Waals surface area contributed by atoms with E-state index >= 15 is 0 Å². The Morgan fingerprint density at radius 3 is 2.65 bits per heavy atom. The van der Waals surface area contributed by atoms with Gasteiger partial charge in [0.1, 0.15) is 5.01 Å². The fraction of sp³-hybridized carbons (Fsp3) is 0.667. The molecule has 0 spiro atoms. The Morgan fingerprint density at radius 2 is 2.18 bits per heavy atom. The lowest BCUT2D eigenvalue weighted by Crippen LogP contribution is -2.36. The molecule has 0 unspecified atom stereocenters. The van der Waals surface area contributed by atoms with Crippen molar-refractivity contribution < 1.29 is 4.79 Å². The molecule has 1 amide bonds. The quantitative estimate of drug-likeness (QED) is 0.540. The molecule has 1 rings (SSSR count). The second-order valence-corrected chi connectivity index (χ2v) is 4.80. The van der Waals surface area contributed by atoms with Gasteiger partial charge in [0.05, 0.1) is 13.1 Å². The lowest BCUT2D eigenvalue weighted by atomic mass is 10.4. The van der Waals surface area contributed by atoms with E-state index < -0.39 is 0 Å². The second-order valence-electron chi connectivity index (χ2n) is 3.74. The minimum absolute atomic E-state index is 0.0774. The van der Waals surface area contributed by atoms with Gasteiger partial charge in [0.15, 0.2) is 0 Å². The predicted molar refractivity (Wildman–Crippen MR) is 67.4 cm³/mol. The van der Waals surface area contributed by atoms with E-state index in [0.717, 1.165) is 11.6 Å². The highest BCUT2D eigenvalue weighted by atomic mass is 32.1. The molecule has 7 nitrogen and oxygen atoms in total. The molecule has 8 heteroatoms. The van der Waals surface area contributed by atoms with Crippen LogP contribution in [0.1, 0.15) is 11.9 Å². The summed E-state index contributed by atoms with van der Waals surface area (Å²) in [5.41, 5.74) is 2.45. The number of hydrazine groups is 1. The Balaban J connectivity index is 2.54. The SMILES string of the molecule is CCN(CC(=O)N(C)C)Cc1nnc(NN)s1. The number of hydrogen-bond acceptors (Lipinski definition) is 7. The van der Waals surface area contributed by atoms with Crippen molar-refractivity contribution in [2.75, 3.05) is 32.6 Å². The maximum Gasteiger partial charge on any atom is 0.236 e. The van der Waals surface area contributed by atoms with Gasteiger partial charge in [0.2, 0.25) is 11.0 Å². The Morgan fingerprint density at radius 1 is 1.47 bits per heavy atom. The molecular weight excluding hydrogens is 240 g/mol. The molecule has 0 radical (unpaired) electrons. The van der Waals surface area contributed by atoms with Crippen molar-refractivity contribution in [3.8, 4) is 0 Å². The van der Waals surface area contributed by atoms with E-state index in [2.05, 4.69) is 15.6 Å². The Bertz CT molecular complexity index is 366. The van der Waals surface area contributed by atoms with Crippen LogP contribution in [-0.2, 0) is 11.3 Å². The molecule has 0 aliphatic rings. The van der Waals surface area contributed by atoms with Crippen LogP contribution < -0.4 is 11.3 Å². The molecule has 0 aliphatic heterocycles. The van der Waals surface area contributed by atoms with Gasteiger partial charge in [-0.2, -0.15) is 0 Å². The first kappa shape index (κ1) is 13.8. The van der Waals surface area contributed by atoms with E-state index in [1.54, 1.807) is 19.0 Å². The van der Waals surface area contributed by atoms with Gasteiger partial charge in [0.25, 0.3) is 0 Å². The summed E-state index contributed by atoms with van der Waals surface area (Å²) in [6.07, 6.45) is 0. The largest absolute Gasteiger partial charge is 0.348 e. The Labute approximate surface area is 105 Å². The van der Waals surface area contributed by atoms with Crippen LogP contribution >= 0.6 is 11.3 Å². The highest BCUT2D eigenvalue weighted by Gasteiger charge is 2.13. The number of rotatable bonds is 6. The molecule has 0 fully saturated rings. The highest BCUT2D eigenvalue weighted by molar-refractivity contribution is 7.15. The number of carbonyl (C=O) groups is 1. The molecule has 0 bridgehead atoms. The summed E-state index contributed by atoms with van der Waals surface area (Å²) in [6.45, 7) is 3.78. The van der Waals surface area contributed by atoms with Crippen LogP contribution in [0.4, 0.5) is 5.13 Å². The molecule has 1 heterocycles. The van der Waals surface area contributed by atoms with Crippen molar-refractivity contribution in [1.82, 2.24) is 20.0 Å². The smallest absolute Gasteiger partial charge is 0.236 e. The molecule has 3 N–H and O–H groups in total. The first-order valence-electron chi connectivity index (χ1n) is 5.28. The van der Waals surface area contributed by atoms with Crippen LogP contribution in [0, 0.1) is 0 Å². The average Bonchev–Trinajstić information content (AvgIpc) is 2.75. The second kappa shape index (κ2) is 6.48. The molecular formula is C9H18N6OS. The van der Waals surface area contributed by atoms with Crippen molar-refractivity contribution in [3.05, 3.63) is 5.01 Å². The number of nitrogens with zero attached hydrogens (tertiary/aromatic N) is 4. The third kappa shape index (κ3) is 4.25. The standard InChI is InChI=1S/C9H18N6OS/c1-4-15(6-8(16)14(2)3)5-7-12-13-9(11-10)17-7/h4-6,10H2,1-3H3,(H,11,13). The summed E-state index contributed by atoms with van der Waals surface area (Å²) in [5, 5.41) is 9.25. The number of aromatic nitrogens is 2. The van der Waals surface area contributed by atoms with Crippen LogP contribution in [0.2, 0.25) is 0 Å². The zero-order valence-corrected chi connectivity index (χ0v) is 11.1. The summed E-state index contributed by atoms with van der Waals surface area (Å²) in [7, 11) is 3.50. The fourth-order valence-electron chi connectivity index (χ4n) is 1.18. The summed E-state index contributed by atoms with van der Waals surface area (Å²) in [4.78, 5) is 15.2. The summed E-state index contributed by atoms with van der Waals surface area (Å²) in [6, 6.07) is 0.